The lowest BCUT2D eigenvalue weighted by Gasteiger charge is -2.18. The average molecular weight is 275 g/mol. The van der Waals surface area contributed by atoms with E-state index < -0.39 is 0 Å². The Morgan fingerprint density at radius 3 is 3.15 bits per heavy atom. The fraction of sp³-hybridized carbons (Fsp3) is 0.562. The minimum absolute atomic E-state index is 0.0336. The second-order valence-corrected chi connectivity index (χ2v) is 5.43. The summed E-state index contributed by atoms with van der Waals surface area (Å²) in [6.45, 7) is 3.36. The fourth-order valence-corrected chi connectivity index (χ4v) is 2.80. The standard InChI is InChI=1S/C16H21NO3/c1-2-19-15-10-12(15)16(18)17-13-7-5-9-20-14-8-4-3-6-11(13)14/h3-4,6,8,12-13,15H,2,5,7,9-10H2,1H3,(H,17,18)/t12-,13+,15+/m0/s1. The molecule has 0 radical (unpaired) electrons. The highest BCUT2D eigenvalue weighted by atomic mass is 16.5. The molecular weight excluding hydrogens is 254 g/mol. The van der Waals surface area contributed by atoms with E-state index in [4.69, 9.17) is 9.47 Å². The van der Waals surface area contributed by atoms with Crippen molar-refractivity contribution in [2.24, 2.45) is 5.92 Å². The van der Waals surface area contributed by atoms with Gasteiger partial charge in [0.1, 0.15) is 5.75 Å². The number of carbonyl (C=O) groups is 1. The maximum absolute atomic E-state index is 12.2. The van der Waals surface area contributed by atoms with Gasteiger partial charge in [0.2, 0.25) is 5.91 Å². The second-order valence-electron chi connectivity index (χ2n) is 5.43. The molecule has 1 amide bonds. The molecule has 3 rings (SSSR count). The van der Waals surface area contributed by atoms with Gasteiger partial charge in [-0.05, 0) is 32.3 Å². The van der Waals surface area contributed by atoms with Crippen LogP contribution in [0.4, 0.5) is 0 Å². The Hall–Kier alpha value is -1.55. The number of amides is 1. The van der Waals surface area contributed by atoms with E-state index >= 15 is 0 Å². The summed E-state index contributed by atoms with van der Waals surface area (Å²) in [4.78, 5) is 12.2. The van der Waals surface area contributed by atoms with Crippen molar-refractivity contribution in [1.29, 1.82) is 0 Å². The van der Waals surface area contributed by atoms with Crippen LogP contribution in [-0.2, 0) is 9.53 Å². The van der Waals surface area contributed by atoms with Gasteiger partial charge in [0.25, 0.3) is 0 Å². The molecule has 1 fully saturated rings. The zero-order chi connectivity index (χ0) is 13.9. The highest BCUT2D eigenvalue weighted by molar-refractivity contribution is 5.82. The molecule has 4 nitrogen and oxygen atoms in total. The van der Waals surface area contributed by atoms with Crippen molar-refractivity contribution in [3.05, 3.63) is 29.8 Å². The number of hydrogen-bond donors (Lipinski definition) is 1. The van der Waals surface area contributed by atoms with Crippen molar-refractivity contribution in [1.82, 2.24) is 5.32 Å². The summed E-state index contributed by atoms with van der Waals surface area (Å²) in [7, 11) is 0. The third kappa shape index (κ3) is 2.80. The van der Waals surface area contributed by atoms with Crippen LogP contribution in [0.15, 0.2) is 24.3 Å². The Morgan fingerprint density at radius 2 is 2.30 bits per heavy atom. The highest BCUT2D eigenvalue weighted by Gasteiger charge is 2.44. The van der Waals surface area contributed by atoms with E-state index in [1.54, 1.807) is 0 Å². The molecule has 1 saturated carbocycles. The number of fused-ring (bicyclic) bond motifs is 1. The van der Waals surface area contributed by atoms with Gasteiger partial charge in [0, 0.05) is 12.2 Å². The molecule has 0 bridgehead atoms. The fourth-order valence-electron chi connectivity index (χ4n) is 2.80. The lowest BCUT2D eigenvalue weighted by Crippen LogP contribution is -2.30. The van der Waals surface area contributed by atoms with E-state index in [0.717, 1.165) is 30.6 Å². The first-order valence-electron chi connectivity index (χ1n) is 7.43. The Kier molecular flexibility index (Phi) is 3.92. The number of benzene rings is 1. The summed E-state index contributed by atoms with van der Waals surface area (Å²) >= 11 is 0. The third-order valence-corrected chi connectivity index (χ3v) is 3.96. The molecule has 0 unspecified atom stereocenters. The summed E-state index contributed by atoms with van der Waals surface area (Å²) in [5.41, 5.74) is 1.09. The van der Waals surface area contributed by atoms with Crippen molar-refractivity contribution < 1.29 is 14.3 Å². The topological polar surface area (TPSA) is 47.6 Å². The minimum Gasteiger partial charge on any atom is -0.493 e. The van der Waals surface area contributed by atoms with Crippen molar-refractivity contribution in [3.8, 4) is 5.75 Å². The van der Waals surface area contributed by atoms with Crippen LogP contribution in [0, 0.1) is 5.92 Å². The van der Waals surface area contributed by atoms with Gasteiger partial charge < -0.3 is 14.8 Å². The SMILES string of the molecule is CCO[C@@H]1C[C@@H]1C(=O)N[C@@H]1CCCOc2ccccc21. The first-order valence-corrected chi connectivity index (χ1v) is 7.43. The van der Waals surface area contributed by atoms with Crippen LogP contribution in [0.5, 0.6) is 5.75 Å². The molecular formula is C16H21NO3. The summed E-state index contributed by atoms with van der Waals surface area (Å²) in [5, 5.41) is 3.17. The van der Waals surface area contributed by atoms with E-state index in [9.17, 15) is 4.79 Å². The lowest BCUT2D eigenvalue weighted by molar-refractivity contribution is -0.124. The van der Waals surface area contributed by atoms with Crippen molar-refractivity contribution in [3.63, 3.8) is 0 Å². The molecule has 4 heteroatoms. The predicted octanol–water partition coefficient (Wildman–Crippen LogP) is 2.44. The third-order valence-electron chi connectivity index (χ3n) is 3.96. The zero-order valence-corrected chi connectivity index (χ0v) is 11.8. The van der Waals surface area contributed by atoms with Crippen LogP contribution in [0.25, 0.3) is 0 Å². The molecule has 20 heavy (non-hydrogen) atoms. The van der Waals surface area contributed by atoms with Gasteiger partial charge in [0.15, 0.2) is 0 Å². The zero-order valence-electron chi connectivity index (χ0n) is 11.8. The first-order chi connectivity index (χ1) is 9.79. The summed E-state index contributed by atoms with van der Waals surface area (Å²) in [5.74, 6) is 1.05. The van der Waals surface area contributed by atoms with Gasteiger partial charge in [-0.3, -0.25) is 4.79 Å². The molecule has 3 atom stereocenters. The van der Waals surface area contributed by atoms with Crippen molar-refractivity contribution in [2.75, 3.05) is 13.2 Å². The van der Waals surface area contributed by atoms with Gasteiger partial charge in [-0.15, -0.1) is 0 Å². The maximum atomic E-state index is 12.2. The largest absolute Gasteiger partial charge is 0.493 e. The van der Waals surface area contributed by atoms with Crippen LogP contribution in [0.2, 0.25) is 0 Å². The number of carbonyl (C=O) groups excluding carboxylic acids is 1. The van der Waals surface area contributed by atoms with Crippen molar-refractivity contribution in [2.45, 2.75) is 38.3 Å². The monoisotopic (exact) mass is 275 g/mol. The summed E-state index contributed by atoms with van der Waals surface area (Å²) in [6.07, 6.45) is 2.86. The van der Waals surface area contributed by atoms with E-state index in [1.165, 1.54) is 0 Å². The highest BCUT2D eigenvalue weighted by Crippen LogP contribution is 2.36. The number of rotatable bonds is 4. The van der Waals surface area contributed by atoms with Crippen LogP contribution in [-0.4, -0.2) is 25.2 Å². The minimum atomic E-state index is 0.0336. The van der Waals surface area contributed by atoms with E-state index in [-0.39, 0.29) is 24.0 Å². The molecule has 0 aromatic heterocycles. The quantitative estimate of drug-likeness (QED) is 0.918. The molecule has 1 aromatic carbocycles. The van der Waals surface area contributed by atoms with Crippen LogP contribution < -0.4 is 10.1 Å². The molecule has 1 aromatic rings. The van der Waals surface area contributed by atoms with Gasteiger partial charge >= 0.3 is 0 Å². The van der Waals surface area contributed by atoms with Crippen molar-refractivity contribution >= 4 is 5.91 Å². The van der Waals surface area contributed by atoms with Crippen LogP contribution >= 0.6 is 0 Å². The molecule has 1 heterocycles. The molecule has 1 N–H and O–H groups in total. The van der Waals surface area contributed by atoms with E-state index in [0.29, 0.717) is 13.2 Å². The Balaban J connectivity index is 1.67. The Labute approximate surface area is 119 Å². The molecule has 2 aliphatic rings. The summed E-state index contributed by atoms with van der Waals surface area (Å²) in [6, 6.07) is 8.03. The normalized spacial score (nSPS) is 27.9. The predicted molar refractivity (Wildman–Crippen MR) is 75.6 cm³/mol. The average Bonchev–Trinajstić information content (AvgIpc) is 3.24. The van der Waals surface area contributed by atoms with Gasteiger partial charge in [-0.2, -0.15) is 0 Å². The first kappa shape index (κ1) is 13.4. The number of nitrogens with one attached hydrogen (secondary N) is 1. The second kappa shape index (κ2) is 5.83. The van der Waals surface area contributed by atoms with E-state index in [1.807, 2.05) is 31.2 Å². The maximum Gasteiger partial charge on any atom is 0.226 e. The molecule has 0 spiro atoms. The number of ether oxygens (including phenoxy) is 2. The van der Waals surface area contributed by atoms with Crippen LogP contribution in [0.3, 0.4) is 0 Å². The molecule has 0 saturated heterocycles. The smallest absolute Gasteiger partial charge is 0.226 e. The summed E-state index contributed by atoms with van der Waals surface area (Å²) < 4.78 is 11.2. The Morgan fingerprint density at radius 1 is 1.45 bits per heavy atom. The molecule has 108 valence electrons. The van der Waals surface area contributed by atoms with E-state index in [2.05, 4.69) is 5.32 Å². The number of hydrogen-bond acceptors (Lipinski definition) is 3. The number of para-hydroxylation sites is 1. The lowest BCUT2D eigenvalue weighted by atomic mass is 10.0. The van der Waals surface area contributed by atoms with Gasteiger partial charge in [-0.1, -0.05) is 18.2 Å². The van der Waals surface area contributed by atoms with Crippen LogP contribution in [0.1, 0.15) is 37.8 Å². The van der Waals surface area contributed by atoms with Gasteiger partial charge in [0.05, 0.1) is 24.7 Å². The molecule has 1 aliphatic heterocycles. The Bertz CT molecular complexity index is 488. The van der Waals surface area contributed by atoms with Gasteiger partial charge in [-0.25, -0.2) is 0 Å². The molecule has 1 aliphatic carbocycles.